The first-order chi connectivity index (χ1) is 40.2. The molecular weight excluding hydrogens is 1230 g/mol. The fourth-order valence-electron chi connectivity index (χ4n) is 14.5. The van der Waals surface area contributed by atoms with Crippen molar-refractivity contribution in [3.8, 4) is 0 Å². The van der Waals surface area contributed by atoms with Gasteiger partial charge < -0.3 is 129 Å². The second-order valence-electron chi connectivity index (χ2n) is 28.6. The molecule has 15 N–H and O–H groups in total. The number of carboxylic acid groups (broad SMARTS) is 5. The molecule has 5 heterocycles. The summed E-state index contributed by atoms with van der Waals surface area (Å²) >= 11 is 0. The van der Waals surface area contributed by atoms with E-state index in [9.17, 15) is 101 Å². The number of hydrogen-bond donors (Lipinski definition) is 15. The maximum absolute atomic E-state index is 14.2. The monoisotopic (exact) mass is 1340 g/mol. The molecule has 0 aromatic carbocycles. The van der Waals surface area contributed by atoms with Crippen molar-refractivity contribution >= 4 is 29.8 Å². The molecule has 0 bridgehead atoms. The molecule has 0 spiro atoms. The molecule has 0 amide bonds. The summed E-state index contributed by atoms with van der Waals surface area (Å²) in [6.07, 6.45) is 0. The molecule has 5 saturated heterocycles. The smallest absolute Gasteiger partial charge is 0.338 e. The van der Waals surface area contributed by atoms with E-state index in [1.54, 1.807) is 0 Å². The number of rotatable bonds is 15. The maximum atomic E-state index is 14.2. The van der Waals surface area contributed by atoms with Crippen LogP contribution in [0.2, 0.25) is 0 Å². The minimum Gasteiger partial charge on any atom is -0.479 e. The first-order valence-electron chi connectivity index (χ1n) is 30.0. The molecule has 5 fully saturated rings. The third-order valence-corrected chi connectivity index (χ3v) is 24.8. The van der Waals surface area contributed by atoms with Crippen LogP contribution in [-0.2, 0) is 76.1 Å². The normalized spacial score (nSPS) is 56.8. The number of aliphatic carboxylic acids is 5. The lowest BCUT2D eigenvalue weighted by Crippen LogP contribution is -2.93. The van der Waals surface area contributed by atoms with E-state index >= 15 is 0 Å². The van der Waals surface area contributed by atoms with Crippen molar-refractivity contribution in [1.82, 2.24) is 0 Å². The second-order valence-corrected chi connectivity index (χ2v) is 28.6. The van der Waals surface area contributed by atoms with Crippen LogP contribution >= 0.6 is 0 Å². The molecule has 0 aromatic heterocycles. The topological polar surface area (TPSA) is 490 Å². The Morgan fingerprint density at radius 1 is 0.228 bits per heavy atom. The Balaban J connectivity index is 0.00000541. The van der Waals surface area contributed by atoms with E-state index in [1.165, 1.54) is 0 Å². The highest BCUT2D eigenvalue weighted by Crippen LogP contribution is 2.68. The van der Waals surface area contributed by atoms with Crippen LogP contribution in [-0.4, -0.2) is 262 Å². The summed E-state index contributed by atoms with van der Waals surface area (Å²) in [7, 11) is 2.04. The lowest BCUT2D eigenvalue weighted by atomic mass is 9.57. The van der Waals surface area contributed by atoms with Crippen molar-refractivity contribution in [2.24, 2.45) is 0 Å². The van der Waals surface area contributed by atoms with Gasteiger partial charge in [-0.25, -0.2) is 24.0 Å². The Labute approximate surface area is 537 Å². The largest absolute Gasteiger partial charge is 0.479 e. The second kappa shape index (κ2) is 22.0. The number of carbonyl (C=O) groups is 5. The number of ether oxygens (including phenoxy) is 11. The van der Waals surface area contributed by atoms with Crippen molar-refractivity contribution in [3.63, 3.8) is 0 Å². The maximum Gasteiger partial charge on any atom is 0.338 e. The number of hydrogen-bond acceptors (Lipinski definition) is 26. The van der Waals surface area contributed by atoms with Crippen LogP contribution in [0.1, 0.15) is 201 Å². The van der Waals surface area contributed by atoms with E-state index in [2.05, 4.69) is 0 Å². The Hall–Kier alpha value is -3.49. The third kappa shape index (κ3) is 8.91. The highest BCUT2D eigenvalue weighted by atomic mass is 16.8. The predicted molar refractivity (Wildman–Crippen MR) is 317 cm³/mol. The van der Waals surface area contributed by atoms with Crippen molar-refractivity contribution in [2.75, 3.05) is 14.2 Å². The van der Waals surface area contributed by atoms with E-state index in [0.29, 0.717) is 6.92 Å². The average molecular weight is 1340 g/mol. The fraction of sp³-hybridized carbons (Fsp3) is 0.918. The molecule has 0 aliphatic carbocycles. The van der Waals surface area contributed by atoms with E-state index in [-0.39, 0.29) is 0 Å². The minimum atomic E-state index is -3.39. The van der Waals surface area contributed by atoms with E-state index in [4.69, 9.17) is 52.1 Å². The van der Waals surface area contributed by atoms with E-state index in [0.717, 1.165) is 180 Å². The molecule has 5 rings (SSSR count). The van der Waals surface area contributed by atoms with Crippen LogP contribution in [0.5, 0.6) is 0 Å². The molecule has 538 valence electrons. The Morgan fingerprint density at radius 3 is 0.500 bits per heavy atom. The number of carboxylic acids is 5. The van der Waals surface area contributed by atoms with Crippen LogP contribution in [0.15, 0.2) is 0 Å². The highest BCUT2D eigenvalue weighted by Gasteiger charge is 2.89. The SMILES string of the molecule is CC.CC.CO[C@]1(C)OC(C)(C(=O)O)[C@@](C)(O[C@]2(C)O[C@@](C)(C(=O)O)[C@@](C)(O[C@]3(C)OC(C)(C(=O)O)[C@@](C)(O[C@]4(C)O[C@@](C)(C(=O)O)[C@@](C)(O[C@]5(C)OC(C)(C(=O)O)[C@@](C)(OC)[C@@](C)(O)C5(C)O)C(C)(O)C4(C)O)[C@](C)(O)C3(C)O)C(C)(O)C2(C)O)[C@@](C)(O)C1(C)O. The van der Waals surface area contributed by atoms with Gasteiger partial charge in [-0.15, -0.1) is 0 Å². The third-order valence-electron chi connectivity index (χ3n) is 24.8. The van der Waals surface area contributed by atoms with Crippen molar-refractivity contribution in [3.05, 3.63) is 0 Å². The quantitative estimate of drug-likeness (QED) is 0.111. The van der Waals surface area contributed by atoms with Gasteiger partial charge in [0.2, 0.25) is 0 Å². The molecule has 5 aliphatic heterocycles. The van der Waals surface area contributed by atoms with Crippen molar-refractivity contribution in [1.29, 1.82) is 0 Å². The molecular formula is C61H108O31. The van der Waals surface area contributed by atoms with Gasteiger partial charge in [0.05, 0.1) is 0 Å². The summed E-state index contributed by atoms with van der Waals surface area (Å²) in [5.74, 6) is -25.1. The summed E-state index contributed by atoms with van der Waals surface area (Å²) in [6.45, 7) is 29.3. The molecule has 31 heteroatoms. The lowest BCUT2D eigenvalue weighted by Gasteiger charge is -2.73. The van der Waals surface area contributed by atoms with Crippen LogP contribution < -0.4 is 0 Å². The molecule has 92 heavy (non-hydrogen) atoms. The molecule has 25 atom stereocenters. The molecule has 0 aromatic rings. The van der Waals surface area contributed by atoms with Gasteiger partial charge in [-0.1, -0.05) is 27.7 Å². The zero-order valence-electron chi connectivity index (χ0n) is 59.2. The summed E-state index contributed by atoms with van der Waals surface area (Å²) in [5, 5.41) is 184. The van der Waals surface area contributed by atoms with Gasteiger partial charge in [-0.3, -0.25) is 0 Å². The minimum absolute atomic E-state index is 0.711. The summed E-state index contributed by atoms with van der Waals surface area (Å²) in [5.41, 5.74) is -61.4. The molecule has 31 nitrogen and oxygen atoms in total. The number of aliphatic hydroxyl groups is 10. The Bertz CT molecular complexity index is 2920. The van der Waals surface area contributed by atoms with E-state index in [1.807, 2.05) is 27.7 Å². The summed E-state index contributed by atoms with van der Waals surface area (Å²) < 4.78 is 67.7. The Kier molecular flexibility index (Phi) is 19.8. The molecule has 5 aliphatic rings. The van der Waals surface area contributed by atoms with Gasteiger partial charge >= 0.3 is 29.8 Å². The van der Waals surface area contributed by atoms with Crippen LogP contribution in [0.3, 0.4) is 0 Å². The summed E-state index contributed by atoms with van der Waals surface area (Å²) in [6, 6.07) is 0. The first kappa shape index (κ1) is 82.7. The predicted octanol–water partition coefficient (Wildman–Crippen LogP) is 1.65. The zero-order chi connectivity index (χ0) is 74.2. The van der Waals surface area contributed by atoms with Gasteiger partial charge in [0.1, 0.15) is 84.0 Å². The number of methoxy groups -OCH3 is 2. The fourth-order valence-corrected chi connectivity index (χ4v) is 14.5. The van der Waals surface area contributed by atoms with Crippen molar-refractivity contribution in [2.45, 2.75) is 342 Å². The van der Waals surface area contributed by atoms with Gasteiger partial charge in [0.15, 0.2) is 56.9 Å². The molecule has 0 saturated carbocycles. The summed E-state index contributed by atoms with van der Waals surface area (Å²) in [4.78, 5) is 69.0. The zero-order valence-corrected chi connectivity index (χ0v) is 59.2. The van der Waals surface area contributed by atoms with Crippen molar-refractivity contribution < 1.29 is 153 Å². The van der Waals surface area contributed by atoms with Gasteiger partial charge in [-0.05, 0) is 173 Å². The van der Waals surface area contributed by atoms with Gasteiger partial charge in [-0.2, -0.15) is 0 Å². The van der Waals surface area contributed by atoms with Gasteiger partial charge in [0.25, 0.3) is 0 Å². The van der Waals surface area contributed by atoms with Crippen LogP contribution in [0.4, 0.5) is 0 Å². The highest BCUT2D eigenvalue weighted by molar-refractivity contribution is 5.83. The molecule has 0 radical (unpaired) electrons. The Morgan fingerprint density at radius 2 is 0.359 bits per heavy atom. The van der Waals surface area contributed by atoms with Gasteiger partial charge in [0, 0.05) is 14.2 Å². The van der Waals surface area contributed by atoms with Crippen LogP contribution in [0, 0.1) is 0 Å². The molecule has 10 unspecified atom stereocenters. The van der Waals surface area contributed by atoms with Crippen LogP contribution in [0.25, 0.3) is 0 Å². The lowest BCUT2D eigenvalue weighted by molar-refractivity contribution is -0.544. The first-order valence-corrected chi connectivity index (χ1v) is 30.0. The van der Waals surface area contributed by atoms with E-state index < -0.39 is 171 Å². The standard InChI is InChI=1S/C57H96O31.2C2H6/c1-33(28(58)59)48(16,78-26)38(6,68)44(12,74)54(22,81-33)86-50(18)35(3,30(62)63)83-56(24,46(14,76)40(50,8)70)88-52(20)37(5,32(66)67)84-57(25,47(15,77)42(52,10)72)87-51(19)36(4,31(64)65)82-55(23,45(13,75)41(51,9)71)85-49(17)34(2,29(60)61)80-53(21,79-27)43(11,73)39(49,7)69;2*1-2/h68-77H,1-27H3,(H,58,59)(H,60,61)(H,62,63)(H,64,65)(H,66,67);2*1-2H3/t33?,34?,35-,36-,37?,38-,39-,40?,41?,42+,43?,44?,45?,46?,47?,48+,49+,50+,51+,52+,53+,54-,55-,56-,57-;;/m0../s1. The average Bonchev–Trinajstić information content (AvgIpc) is 0.668.